The third-order valence-electron chi connectivity index (χ3n) is 5.86. The highest BCUT2D eigenvalue weighted by Gasteiger charge is 2.23. The maximum absolute atomic E-state index is 13.7. The van der Waals surface area contributed by atoms with Crippen molar-refractivity contribution in [2.24, 2.45) is 0 Å². The van der Waals surface area contributed by atoms with Crippen molar-refractivity contribution in [3.63, 3.8) is 0 Å². The molecule has 1 aromatic carbocycles. The molecule has 2 aliphatic heterocycles. The van der Waals surface area contributed by atoms with Crippen LogP contribution in [0.2, 0.25) is 0 Å². The normalized spacial score (nSPS) is 18.1. The first-order chi connectivity index (χ1) is 15.0. The summed E-state index contributed by atoms with van der Waals surface area (Å²) in [5, 5.41) is 0. The lowest BCUT2D eigenvalue weighted by Crippen LogP contribution is -2.49. The Labute approximate surface area is 182 Å². The number of carbonyl (C=O) groups excluding carboxylic acids is 1. The van der Waals surface area contributed by atoms with Crippen LogP contribution in [-0.2, 0) is 4.79 Å². The predicted molar refractivity (Wildman–Crippen MR) is 121 cm³/mol. The van der Waals surface area contributed by atoms with Crippen molar-refractivity contribution in [3.8, 4) is 0 Å². The van der Waals surface area contributed by atoms with E-state index in [1.165, 1.54) is 12.1 Å². The van der Waals surface area contributed by atoms with Crippen molar-refractivity contribution in [2.45, 2.75) is 6.92 Å². The maximum atomic E-state index is 13.7. The molecular weight excluding hydrogens is 395 g/mol. The van der Waals surface area contributed by atoms with Crippen molar-refractivity contribution < 1.29 is 9.18 Å². The molecule has 0 atom stereocenters. The summed E-state index contributed by atoms with van der Waals surface area (Å²) >= 11 is 0. The van der Waals surface area contributed by atoms with Crippen molar-refractivity contribution in [1.82, 2.24) is 19.8 Å². The lowest BCUT2D eigenvalue weighted by molar-refractivity contribution is -0.126. The summed E-state index contributed by atoms with van der Waals surface area (Å²) in [6.45, 7) is 8.53. The summed E-state index contributed by atoms with van der Waals surface area (Å²) in [5.41, 5.74) is 0.419. The zero-order valence-electron chi connectivity index (χ0n) is 18.2. The van der Waals surface area contributed by atoms with E-state index < -0.39 is 0 Å². The molecular formula is C23H29FN6O. The van der Waals surface area contributed by atoms with Gasteiger partial charge >= 0.3 is 0 Å². The van der Waals surface area contributed by atoms with Gasteiger partial charge in [-0.25, -0.2) is 14.4 Å². The van der Waals surface area contributed by atoms with Gasteiger partial charge in [-0.2, -0.15) is 0 Å². The Balaban J connectivity index is 1.37. The number of halogens is 1. The molecule has 2 fully saturated rings. The van der Waals surface area contributed by atoms with E-state index in [4.69, 9.17) is 0 Å². The minimum atomic E-state index is -0.327. The van der Waals surface area contributed by atoms with Crippen LogP contribution < -0.4 is 9.80 Å². The Morgan fingerprint density at radius 3 is 2.13 bits per heavy atom. The van der Waals surface area contributed by atoms with E-state index in [2.05, 4.69) is 37.8 Å². The van der Waals surface area contributed by atoms with Gasteiger partial charge in [0.15, 0.2) is 0 Å². The van der Waals surface area contributed by atoms with Crippen molar-refractivity contribution >= 4 is 23.6 Å². The van der Waals surface area contributed by atoms with Crippen LogP contribution in [0, 0.1) is 12.7 Å². The summed E-state index contributed by atoms with van der Waals surface area (Å²) in [4.78, 5) is 30.5. The third-order valence-corrected chi connectivity index (χ3v) is 5.86. The molecule has 2 saturated heterocycles. The standard InChI is InChI=1S/C23H29FN6O/c1-18-25-21(28-11-9-27(2)10-12-28)17-22(26-18)29-13-15-30(16-14-29)23(31)8-7-19-5-3-4-6-20(19)24/h3-8,17H,9-16H2,1-2H3/b8-7+. The fourth-order valence-electron chi connectivity index (χ4n) is 3.93. The van der Waals surface area contributed by atoms with Crippen LogP contribution >= 0.6 is 0 Å². The summed E-state index contributed by atoms with van der Waals surface area (Å²) in [6.07, 6.45) is 2.99. The quantitative estimate of drug-likeness (QED) is 0.701. The number of carbonyl (C=O) groups is 1. The van der Waals surface area contributed by atoms with Gasteiger partial charge in [0.25, 0.3) is 0 Å². The van der Waals surface area contributed by atoms with Crippen LogP contribution in [0.25, 0.3) is 6.08 Å². The van der Waals surface area contributed by atoms with Gasteiger partial charge in [0.05, 0.1) is 0 Å². The lowest BCUT2D eigenvalue weighted by atomic mass is 10.2. The van der Waals surface area contributed by atoms with Crippen molar-refractivity contribution in [2.75, 3.05) is 69.2 Å². The van der Waals surface area contributed by atoms with Gasteiger partial charge in [0, 0.05) is 70.1 Å². The molecule has 0 N–H and O–H groups in total. The molecule has 4 rings (SSSR count). The molecule has 1 aromatic heterocycles. The van der Waals surface area contributed by atoms with E-state index >= 15 is 0 Å². The Morgan fingerprint density at radius 1 is 0.935 bits per heavy atom. The number of hydrogen-bond acceptors (Lipinski definition) is 6. The molecule has 2 aromatic rings. The van der Waals surface area contributed by atoms with Crippen LogP contribution in [0.5, 0.6) is 0 Å². The molecule has 0 aliphatic carbocycles. The number of piperazine rings is 2. The Kier molecular flexibility index (Phi) is 6.46. The van der Waals surface area contributed by atoms with Gasteiger partial charge in [-0.15, -0.1) is 0 Å². The van der Waals surface area contributed by atoms with E-state index in [0.29, 0.717) is 31.7 Å². The molecule has 31 heavy (non-hydrogen) atoms. The number of nitrogens with zero attached hydrogens (tertiary/aromatic N) is 6. The van der Waals surface area contributed by atoms with Crippen LogP contribution in [0.15, 0.2) is 36.4 Å². The van der Waals surface area contributed by atoms with E-state index in [9.17, 15) is 9.18 Å². The lowest BCUT2D eigenvalue weighted by Gasteiger charge is -2.36. The Bertz CT molecular complexity index is 949. The zero-order valence-corrected chi connectivity index (χ0v) is 18.2. The SMILES string of the molecule is Cc1nc(N2CCN(C)CC2)cc(N2CCN(C(=O)/C=C/c3ccccc3F)CC2)n1. The number of aryl methyl sites for hydroxylation is 1. The second-order valence-electron chi connectivity index (χ2n) is 8.09. The fourth-order valence-corrected chi connectivity index (χ4v) is 3.93. The number of amides is 1. The molecule has 0 spiro atoms. The first-order valence-electron chi connectivity index (χ1n) is 10.8. The van der Waals surface area contributed by atoms with Gasteiger partial charge in [-0.3, -0.25) is 4.79 Å². The molecule has 0 unspecified atom stereocenters. The van der Waals surface area contributed by atoms with Crippen molar-refractivity contribution in [3.05, 3.63) is 53.6 Å². The Hall–Kier alpha value is -3.00. The number of hydrogen-bond donors (Lipinski definition) is 0. The maximum Gasteiger partial charge on any atom is 0.246 e. The topological polar surface area (TPSA) is 55.8 Å². The highest BCUT2D eigenvalue weighted by atomic mass is 19.1. The number of rotatable bonds is 4. The van der Waals surface area contributed by atoms with E-state index in [1.807, 2.05) is 6.92 Å². The molecule has 0 radical (unpaired) electrons. The highest BCUT2D eigenvalue weighted by molar-refractivity contribution is 5.92. The summed E-state index contributed by atoms with van der Waals surface area (Å²) in [5.74, 6) is 2.22. The largest absolute Gasteiger partial charge is 0.354 e. The van der Waals surface area contributed by atoms with Crippen LogP contribution in [0.4, 0.5) is 16.0 Å². The van der Waals surface area contributed by atoms with E-state index in [0.717, 1.165) is 43.6 Å². The summed E-state index contributed by atoms with van der Waals surface area (Å²) < 4.78 is 13.7. The van der Waals surface area contributed by atoms with Crippen LogP contribution in [-0.4, -0.2) is 85.1 Å². The first kappa shape index (κ1) is 21.2. The second-order valence-corrected chi connectivity index (χ2v) is 8.09. The number of anilines is 2. The molecule has 7 nitrogen and oxygen atoms in total. The van der Waals surface area contributed by atoms with Crippen LogP contribution in [0.3, 0.4) is 0 Å². The third kappa shape index (κ3) is 5.19. The van der Waals surface area contributed by atoms with Crippen LogP contribution in [0.1, 0.15) is 11.4 Å². The molecule has 0 bridgehead atoms. The van der Waals surface area contributed by atoms with Crippen molar-refractivity contribution in [1.29, 1.82) is 0 Å². The molecule has 164 valence electrons. The molecule has 3 heterocycles. The number of likely N-dealkylation sites (N-methyl/N-ethyl adjacent to an activating group) is 1. The fraction of sp³-hybridized carbons (Fsp3) is 0.435. The average molecular weight is 425 g/mol. The van der Waals surface area contributed by atoms with Gasteiger partial charge in [-0.1, -0.05) is 18.2 Å². The minimum absolute atomic E-state index is 0.0973. The monoisotopic (exact) mass is 424 g/mol. The number of aromatic nitrogens is 2. The highest BCUT2D eigenvalue weighted by Crippen LogP contribution is 2.21. The molecule has 2 aliphatic rings. The van der Waals surface area contributed by atoms with Gasteiger partial charge < -0.3 is 19.6 Å². The summed E-state index contributed by atoms with van der Waals surface area (Å²) in [6, 6.07) is 8.51. The second kappa shape index (κ2) is 9.43. The summed E-state index contributed by atoms with van der Waals surface area (Å²) in [7, 11) is 2.14. The van der Waals surface area contributed by atoms with Gasteiger partial charge in [0.2, 0.25) is 5.91 Å². The predicted octanol–water partition coefficient (Wildman–Crippen LogP) is 2.04. The minimum Gasteiger partial charge on any atom is -0.354 e. The van der Waals surface area contributed by atoms with E-state index in [1.54, 1.807) is 29.2 Å². The molecule has 8 heteroatoms. The molecule has 1 amide bonds. The van der Waals surface area contributed by atoms with Gasteiger partial charge in [0.1, 0.15) is 23.3 Å². The van der Waals surface area contributed by atoms with Gasteiger partial charge in [-0.05, 0) is 26.1 Å². The average Bonchev–Trinajstić information content (AvgIpc) is 2.78. The first-order valence-corrected chi connectivity index (χ1v) is 10.8. The Morgan fingerprint density at radius 2 is 1.52 bits per heavy atom. The molecule has 0 saturated carbocycles. The zero-order chi connectivity index (χ0) is 21.8. The smallest absolute Gasteiger partial charge is 0.246 e. The van der Waals surface area contributed by atoms with E-state index in [-0.39, 0.29) is 11.7 Å². The number of benzene rings is 1.